The second-order valence-electron chi connectivity index (χ2n) is 4.02. The number of benzene rings is 1. The summed E-state index contributed by atoms with van der Waals surface area (Å²) in [6.45, 7) is 8.94. The number of rotatable bonds is 5. The van der Waals surface area contributed by atoms with Gasteiger partial charge in [-0.1, -0.05) is 26.0 Å². The smallest absolute Gasteiger partial charge is 0.0314 e. The molecule has 0 amide bonds. The predicted molar refractivity (Wildman–Crippen MR) is 66.9 cm³/mol. The average molecular weight is 206 g/mol. The lowest BCUT2D eigenvalue weighted by Gasteiger charge is -2.26. The Balaban J connectivity index is 2.57. The van der Waals surface area contributed by atoms with Gasteiger partial charge in [-0.15, -0.1) is 0 Å². The van der Waals surface area contributed by atoms with E-state index in [0.29, 0.717) is 6.04 Å². The van der Waals surface area contributed by atoms with Gasteiger partial charge in [-0.25, -0.2) is 0 Å². The molecule has 0 heterocycles. The third-order valence-electron chi connectivity index (χ3n) is 2.95. The Morgan fingerprint density at radius 1 is 1.13 bits per heavy atom. The van der Waals surface area contributed by atoms with Crippen molar-refractivity contribution >= 4 is 5.69 Å². The Labute approximate surface area is 93.1 Å². The minimum Gasteiger partial charge on any atom is -0.399 e. The highest BCUT2D eigenvalue weighted by Gasteiger charge is 2.10. The molecule has 1 atom stereocenters. The second-order valence-corrected chi connectivity index (χ2v) is 4.02. The maximum Gasteiger partial charge on any atom is 0.0314 e. The Morgan fingerprint density at radius 2 is 1.67 bits per heavy atom. The summed E-state index contributed by atoms with van der Waals surface area (Å²) in [6, 6.07) is 8.79. The first-order valence-corrected chi connectivity index (χ1v) is 5.75. The summed E-state index contributed by atoms with van der Waals surface area (Å²) in [5, 5.41) is 0. The summed E-state index contributed by atoms with van der Waals surface area (Å²) in [4.78, 5) is 2.47. The molecular formula is C13H22N2. The molecule has 0 aliphatic carbocycles. The van der Waals surface area contributed by atoms with Gasteiger partial charge in [0.15, 0.2) is 0 Å². The predicted octanol–water partition coefficient (Wildman–Crippen LogP) is 2.54. The molecule has 0 fully saturated rings. The molecule has 0 aromatic heterocycles. The van der Waals surface area contributed by atoms with Crippen LogP contribution in [0.1, 0.15) is 26.3 Å². The van der Waals surface area contributed by atoms with E-state index in [1.54, 1.807) is 0 Å². The van der Waals surface area contributed by atoms with Crippen molar-refractivity contribution < 1.29 is 0 Å². The van der Waals surface area contributed by atoms with Gasteiger partial charge in [0.05, 0.1) is 0 Å². The largest absolute Gasteiger partial charge is 0.399 e. The number of hydrogen-bond acceptors (Lipinski definition) is 2. The second kappa shape index (κ2) is 5.76. The van der Waals surface area contributed by atoms with E-state index in [-0.39, 0.29) is 0 Å². The maximum absolute atomic E-state index is 5.66. The number of nitrogens with zero attached hydrogens (tertiary/aromatic N) is 1. The molecule has 1 aromatic carbocycles. The maximum atomic E-state index is 5.66. The van der Waals surface area contributed by atoms with Crippen molar-refractivity contribution in [1.82, 2.24) is 4.90 Å². The molecule has 2 nitrogen and oxygen atoms in total. The van der Waals surface area contributed by atoms with E-state index in [4.69, 9.17) is 5.73 Å². The van der Waals surface area contributed by atoms with Crippen LogP contribution in [0.2, 0.25) is 0 Å². The minimum atomic E-state index is 0.601. The molecule has 0 saturated heterocycles. The molecule has 0 aliphatic heterocycles. The van der Waals surface area contributed by atoms with Crippen LogP contribution in [-0.2, 0) is 6.42 Å². The van der Waals surface area contributed by atoms with Gasteiger partial charge in [0, 0.05) is 11.7 Å². The van der Waals surface area contributed by atoms with E-state index < -0.39 is 0 Å². The molecule has 1 rings (SSSR count). The number of nitrogen functional groups attached to an aromatic ring is 1. The van der Waals surface area contributed by atoms with Crippen LogP contribution in [0, 0.1) is 0 Å². The van der Waals surface area contributed by atoms with Crippen LogP contribution in [0.15, 0.2) is 24.3 Å². The van der Waals surface area contributed by atoms with Crippen LogP contribution in [0.25, 0.3) is 0 Å². The monoisotopic (exact) mass is 206 g/mol. The molecule has 0 saturated carbocycles. The van der Waals surface area contributed by atoms with Crippen molar-refractivity contribution in [2.75, 3.05) is 18.8 Å². The molecular weight excluding hydrogens is 184 g/mol. The summed E-state index contributed by atoms with van der Waals surface area (Å²) in [7, 11) is 0. The Bertz CT molecular complexity index is 275. The zero-order valence-electron chi connectivity index (χ0n) is 10.0. The van der Waals surface area contributed by atoms with Crippen molar-refractivity contribution in [1.29, 1.82) is 0 Å². The molecule has 1 unspecified atom stereocenters. The number of anilines is 1. The van der Waals surface area contributed by atoms with E-state index in [2.05, 4.69) is 37.8 Å². The normalized spacial score (nSPS) is 13.1. The molecule has 0 spiro atoms. The lowest BCUT2D eigenvalue weighted by Crippen LogP contribution is -2.34. The van der Waals surface area contributed by atoms with Gasteiger partial charge in [-0.2, -0.15) is 0 Å². The number of nitrogens with two attached hydrogens (primary N) is 1. The van der Waals surface area contributed by atoms with Gasteiger partial charge in [0.25, 0.3) is 0 Å². The van der Waals surface area contributed by atoms with Crippen LogP contribution in [-0.4, -0.2) is 24.0 Å². The highest BCUT2D eigenvalue weighted by molar-refractivity contribution is 5.39. The van der Waals surface area contributed by atoms with Crippen molar-refractivity contribution in [3.8, 4) is 0 Å². The average Bonchev–Trinajstić information content (AvgIpc) is 2.23. The summed E-state index contributed by atoms with van der Waals surface area (Å²) < 4.78 is 0. The molecule has 0 bridgehead atoms. The van der Waals surface area contributed by atoms with E-state index in [9.17, 15) is 0 Å². The number of hydrogen-bond donors (Lipinski definition) is 1. The van der Waals surface area contributed by atoms with Gasteiger partial charge < -0.3 is 10.6 Å². The van der Waals surface area contributed by atoms with E-state index in [1.165, 1.54) is 5.56 Å². The summed E-state index contributed by atoms with van der Waals surface area (Å²) in [5.74, 6) is 0. The Morgan fingerprint density at radius 3 is 2.13 bits per heavy atom. The molecule has 2 heteroatoms. The van der Waals surface area contributed by atoms with Crippen molar-refractivity contribution in [3.05, 3.63) is 29.8 Å². The highest BCUT2D eigenvalue weighted by atomic mass is 15.1. The van der Waals surface area contributed by atoms with Gasteiger partial charge in [-0.05, 0) is 44.1 Å². The summed E-state index contributed by atoms with van der Waals surface area (Å²) >= 11 is 0. The Kier molecular flexibility index (Phi) is 4.63. The molecule has 15 heavy (non-hydrogen) atoms. The van der Waals surface area contributed by atoms with Crippen LogP contribution >= 0.6 is 0 Å². The molecule has 0 radical (unpaired) electrons. The SMILES string of the molecule is CCN(CC)C(C)Cc1ccc(N)cc1. The van der Waals surface area contributed by atoms with Crippen LogP contribution in [0.3, 0.4) is 0 Å². The molecule has 84 valence electrons. The lowest BCUT2D eigenvalue weighted by molar-refractivity contribution is 0.230. The fourth-order valence-corrected chi connectivity index (χ4v) is 1.97. The summed E-state index contributed by atoms with van der Waals surface area (Å²) in [6.07, 6.45) is 1.10. The number of likely N-dealkylation sites (N-methyl/N-ethyl adjacent to an activating group) is 1. The van der Waals surface area contributed by atoms with E-state index in [1.807, 2.05) is 12.1 Å². The highest BCUT2D eigenvalue weighted by Crippen LogP contribution is 2.10. The quantitative estimate of drug-likeness (QED) is 0.750. The fraction of sp³-hybridized carbons (Fsp3) is 0.538. The van der Waals surface area contributed by atoms with Crippen LogP contribution < -0.4 is 5.73 Å². The minimum absolute atomic E-state index is 0.601. The third kappa shape index (κ3) is 3.56. The zero-order valence-corrected chi connectivity index (χ0v) is 10.0. The van der Waals surface area contributed by atoms with Crippen molar-refractivity contribution in [2.24, 2.45) is 0 Å². The van der Waals surface area contributed by atoms with Gasteiger partial charge in [0.2, 0.25) is 0 Å². The molecule has 2 N–H and O–H groups in total. The lowest BCUT2D eigenvalue weighted by atomic mass is 10.1. The van der Waals surface area contributed by atoms with Crippen molar-refractivity contribution in [2.45, 2.75) is 33.2 Å². The van der Waals surface area contributed by atoms with Crippen molar-refractivity contribution in [3.63, 3.8) is 0 Å². The van der Waals surface area contributed by atoms with Crippen LogP contribution in [0.5, 0.6) is 0 Å². The first-order valence-electron chi connectivity index (χ1n) is 5.75. The first kappa shape index (κ1) is 12.1. The molecule has 0 aliphatic rings. The van der Waals surface area contributed by atoms with E-state index >= 15 is 0 Å². The third-order valence-corrected chi connectivity index (χ3v) is 2.95. The van der Waals surface area contributed by atoms with Gasteiger partial charge in [0.1, 0.15) is 0 Å². The van der Waals surface area contributed by atoms with Gasteiger partial charge >= 0.3 is 0 Å². The van der Waals surface area contributed by atoms with E-state index in [0.717, 1.165) is 25.2 Å². The van der Waals surface area contributed by atoms with Gasteiger partial charge in [-0.3, -0.25) is 0 Å². The fourth-order valence-electron chi connectivity index (χ4n) is 1.97. The Hall–Kier alpha value is -1.02. The standard InChI is InChI=1S/C13H22N2/c1-4-15(5-2)11(3)10-12-6-8-13(14)9-7-12/h6-9,11H,4-5,10,14H2,1-3H3. The molecule has 1 aromatic rings. The van der Waals surface area contributed by atoms with Crippen LogP contribution in [0.4, 0.5) is 5.69 Å². The zero-order chi connectivity index (χ0) is 11.3. The topological polar surface area (TPSA) is 29.3 Å². The summed E-state index contributed by atoms with van der Waals surface area (Å²) in [5.41, 5.74) is 7.87. The first-order chi connectivity index (χ1) is 7.17.